The van der Waals surface area contributed by atoms with Gasteiger partial charge in [-0.05, 0) is 25.5 Å². The molecule has 0 aliphatic rings. The molecule has 0 radical (unpaired) electrons. The molecule has 108 valence electrons. The second-order valence-electron chi connectivity index (χ2n) is 4.40. The molecule has 6 heteroatoms. The van der Waals surface area contributed by atoms with Crippen LogP contribution in [0.15, 0.2) is 29.2 Å². The summed E-state index contributed by atoms with van der Waals surface area (Å²) in [5, 5.41) is 3.12. The first-order valence-corrected chi connectivity index (χ1v) is 7.83. The number of hydrogen-bond acceptors (Lipinski definition) is 4. The average Bonchev–Trinajstić information content (AvgIpc) is 2.36. The third-order valence-electron chi connectivity index (χ3n) is 2.52. The first-order chi connectivity index (χ1) is 9.01. The van der Waals surface area contributed by atoms with Crippen molar-refractivity contribution < 1.29 is 13.2 Å². The topological polar surface area (TPSA) is 67.4 Å². The highest BCUT2D eigenvalue weighted by Gasteiger charge is 2.20. The molecule has 0 saturated heterocycles. The Balaban J connectivity index is 2.94. The van der Waals surface area contributed by atoms with Crippen LogP contribution in [-0.2, 0) is 14.8 Å². The molecule has 0 fully saturated rings. The van der Waals surface area contributed by atoms with Crippen molar-refractivity contribution >= 4 is 15.7 Å². The normalized spacial score (nSPS) is 13.2. The maximum atomic E-state index is 12.3. The van der Waals surface area contributed by atoms with Crippen LogP contribution >= 0.6 is 0 Å². The Morgan fingerprint density at radius 2 is 2.00 bits per heavy atom. The minimum Gasteiger partial charge on any atom is -0.384 e. The monoisotopic (exact) mass is 286 g/mol. The van der Waals surface area contributed by atoms with Gasteiger partial charge in [-0.1, -0.05) is 19.1 Å². The van der Waals surface area contributed by atoms with Gasteiger partial charge in [0.05, 0.1) is 12.3 Å². The molecule has 19 heavy (non-hydrogen) atoms. The summed E-state index contributed by atoms with van der Waals surface area (Å²) in [6, 6.07) is 6.63. The number of methoxy groups -OCH3 is 1. The Morgan fingerprint density at radius 1 is 1.32 bits per heavy atom. The molecule has 0 aliphatic carbocycles. The van der Waals surface area contributed by atoms with Crippen molar-refractivity contribution in [3.05, 3.63) is 24.3 Å². The Bertz CT molecular complexity index is 488. The van der Waals surface area contributed by atoms with Gasteiger partial charge in [-0.25, -0.2) is 13.1 Å². The lowest BCUT2D eigenvalue weighted by Gasteiger charge is -2.16. The number of anilines is 1. The van der Waals surface area contributed by atoms with Crippen LogP contribution in [0, 0.1) is 0 Å². The fourth-order valence-corrected chi connectivity index (χ4v) is 3.13. The van der Waals surface area contributed by atoms with Gasteiger partial charge in [0.2, 0.25) is 10.0 Å². The summed E-state index contributed by atoms with van der Waals surface area (Å²) in [7, 11) is -1.99. The lowest BCUT2D eigenvalue weighted by molar-refractivity contribution is 0.180. The fourth-order valence-electron chi connectivity index (χ4n) is 1.72. The van der Waals surface area contributed by atoms with Gasteiger partial charge in [0, 0.05) is 19.7 Å². The highest BCUT2D eigenvalue weighted by molar-refractivity contribution is 7.89. The largest absolute Gasteiger partial charge is 0.384 e. The van der Waals surface area contributed by atoms with Crippen molar-refractivity contribution in [2.24, 2.45) is 0 Å². The van der Waals surface area contributed by atoms with Crippen LogP contribution in [0.25, 0.3) is 0 Å². The van der Waals surface area contributed by atoms with Gasteiger partial charge >= 0.3 is 0 Å². The van der Waals surface area contributed by atoms with Crippen LogP contribution in [0.4, 0.5) is 5.69 Å². The Hall–Kier alpha value is -1.11. The molecule has 0 bridgehead atoms. The molecule has 0 heterocycles. The van der Waals surface area contributed by atoms with E-state index in [9.17, 15) is 8.42 Å². The van der Waals surface area contributed by atoms with Crippen molar-refractivity contribution in [3.8, 4) is 0 Å². The zero-order valence-electron chi connectivity index (χ0n) is 11.6. The van der Waals surface area contributed by atoms with E-state index in [-0.39, 0.29) is 10.9 Å². The number of benzene rings is 1. The predicted molar refractivity (Wildman–Crippen MR) is 76.9 cm³/mol. The Labute approximate surface area is 115 Å². The van der Waals surface area contributed by atoms with Gasteiger partial charge in [-0.15, -0.1) is 0 Å². The Morgan fingerprint density at radius 3 is 2.63 bits per heavy atom. The predicted octanol–water partition coefficient (Wildman–Crippen LogP) is 1.82. The highest BCUT2D eigenvalue weighted by atomic mass is 32.2. The summed E-state index contributed by atoms with van der Waals surface area (Å²) >= 11 is 0. The molecule has 0 aromatic heterocycles. The molecule has 0 saturated carbocycles. The van der Waals surface area contributed by atoms with Crippen molar-refractivity contribution in [3.63, 3.8) is 0 Å². The van der Waals surface area contributed by atoms with Gasteiger partial charge in [0.15, 0.2) is 0 Å². The van der Waals surface area contributed by atoms with E-state index in [1.54, 1.807) is 32.2 Å². The second-order valence-corrected chi connectivity index (χ2v) is 6.08. The molecule has 0 aliphatic heterocycles. The molecule has 1 atom stereocenters. The number of nitrogens with one attached hydrogen (secondary N) is 2. The maximum absolute atomic E-state index is 12.3. The molecular weight excluding hydrogens is 264 g/mol. The van der Waals surface area contributed by atoms with Crippen LogP contribution < -0.4 is 10.0 Å². The smallest absolute Gasteiger partial charge is 0.242 e. The van der Waals surface area contributed by atoms with E-state index in [2.05, 4.69) is 10.0 Å². The van der Waals surface area contributed by atoms with E-state index < -0.39 is 10.0 Å². The van der Waals surface area contributed by atoms with Crippen LogP contribution in [-0.4, -0.2) is 34.7 Å². The lowest BCUT2D eigenvalue weighted by atomic mass is 10.3. The molecule has 1 unspecified atom stereocenters. The van der Waals surface area contributed by atoms with E-state index in [1.807, 2.05) is 13.0 Å². The van der Waals surface area contributed by atoms with Gasteiger partial charge < -0.3 is 10.1 Å². The van der Waals surface area contributed by atoms with Crippen LogP contribution in [0.5, 0.6) is 0 Å². The molecule has 2 N–H and O–H groups in total. The summed E-state index contributed by atoms with van der Waals surface area (Å²) in [6.07, 6.45) is 0.932. The standard InChI is InChI=1S/C13H22N2O3S/c1-4-9-14-12-7-5-6-8-13(12)19(16,17)15-11(2)10-18-3/h5-8,11,14-15H,4,9-10H2,1-3H3. The minimum atomic E-state index is -3.54. The first kappa shape index (κ1) is 15.9. The number of ether oxygens (including phenoxy) is 1. The molecule has 5 nitrogen and oxygen atoms in total. The zero-order valence-corrected chi connectivity index (χ0v) is 12.5. The summed E-state index contributed by atoms with van der Waals surface area (Å²) in [5.74, 6) is 0. The number of rotatable bonds is 8. The third-order valence-corrected chi connectivity index (χ3v) is 4.16. The fraction of sp³-hybridized carbons (Fsp3) is 0.538. The summed E-state index contributed by atoms with van der Waals surface area (Å²) in [6.45, 7) is 4.87. The second kappa shape index (κ2) is 7.47. The van der Waals surface area contributed by atoms with E-state index in [1.165, 1.54) is 0 Å². The SMILES string of the molecule is CCCNc1ccccc1S(=O)(=O)NC(C)COC. The molecule has 0 spiro atoms. The van der Waals surface area contributed by atoms with E-state index in [0.717, 1.165) is 13.0 Å². The van der Waals surface area contributed by atoms with E-state index in [4.69, 9.17) is 4.74 Å². The van der Waals surface area contributed by atoms with Crippen molar-refractivity contribution in [2.75, 3.05) is 25.6 Å². The summed E-state index contributed by atoms with van der Waals surface area (Å²) in [5.41, 5.74) is 0.626. The minimum absolute atomic E-state index is 0.269. The van der Waals surface area contributed by atoms with Crippen LogP contribution in [0.1, 0.15) is 20.3 Å². The van der Waals surface area contributed by atoms with Crippen LogP contribution in [0.2, 0.25) is 0 Å². The van der Waals surface area contributed by atoms with Crippen LogP contribution in [0.3, 0.4) is 0 Å². The van der Waals surface area contributed by atoms with Gasteiger partial charge in [-0.2, -0.15) is 0 Å². The summed E-state index contributed by atoms with van der Waals surface area (Å²) in [4.78, 5) is 0.270. The van der Waals surface area contributed by atoms with Gasteiger partial charge in [0.1, 0.15) is 4.90 Å². The van der Waals surface area contributed by atoms with Gasteiger partial charge in [0.25, 0.3) is 0 Å². The van der Waals surface area contributed by atoms with Gasteiger partial charge in [-0.3, -0.25) is 0 Å². The van der Waals surface area contributed by atoms with E-state index >= 15 is 0 Å². The van der Waals surface area contributed by atoms with Crippen molar-refractivity contribution in [2.45, 2.75) is 31.2 Å². The average molecular weight is 286 g/mol. The highest BCUT2D eigenvalue weighted by Crippen LogP contribution is 2.20. The van der Waals surface area contributed by atoms with Crippen molar-refractivity contribution in [1.82, 2.24) is 4.72 Å². The van der Waals surface area contributed by atoms with Crippen molar-refractivity contribution in [1.29, 1.82) is 0 Å². The molecule has 1 aromatic rings. The Kier molecular flexibility index (Phi) is 6.27. The summed E-state index contributed by atoms with van der Waals surface area (Å²) < 4.78 is 32.1. The van der Waals surface area contributed by atoms with E-state index in [0.29, 0.717) is 12.3 Å². The molecular formula is C13H22N2O3S. The third kappa shape index (κ3) is 4.81. The quantitative estimate of drug-likeness (QED) is 0.765. The number of para-hydroxylation sites is 1. The number of hydrogen-bond donors (Lipinski definition) is 2. The zero-order chi connectivity index (χ0) is 14.3. The number of sulfonamides is 1. The molecule has 1 aromatic carbocycles. The lowest BCUT2D eigenvalue weighted by Crippen LogP contribution is -2.35. The molecule has 1 rings (SSSR count). The maximum Gasteiger partial charge on any atom is 0.242 e. The molecule has 0 amide bonds. The first-order valence-electron chi connectivity index (χ1n) is 6.35.